The minimum atomic E-state index is -0.229. The van der Waals surface area contributed by atoms with Crippen LogP contribution in [0.5, 0.6) is 11.5 Å². The molecular weight excluding hydrogens is 370 g/mol. The van der Waals surface area contributed by atoms with Crippen molar-refractivity contribution in [3.8, 4) is 11.5 Å². The molecule has 24 heavy (non-hydrogen) atoms. The third-order valence-corrected chi connectivity index (χ3v) is 3.64. The van der Waals surface area contributed by atoms with Gasteiger partial charge >= 0.3 is 0 Å². The van der Waals surface area contributed by atoms with Gasteiger partial charge in [0.1, 0.15) is 17.3 Å². The number of rotatable bonds is 5. The second kappa shape index (κ2) is 7.66. The molecule has 0 fully saturated rings. The van der Waals surface area contributed by atoms with Gasteiger partial charge in [-0.15, -0.1) is 0 Å². The van der Waals surface area contributed by atoms with E-state index in [2.05, 4.69) is 21.2 Å². The number of halogens is 1. The van der Waals surface area contributed by atoms with Crippen LogP contribution >= 0.6 is 15.9 Å². The summed E-state index contributed by atoms with van der Waals surface area (Å²) >= 11 is 3.38. The molecule has 1 aromatic heterocycles. The highest BCUT2D eigenvalue weighted by Gasteiger charge is 2.01. The first-order chi connectivity index (χ1) is 11.7. The number of nitrogens with one attached hydrogen (secondary N) is 1. The van der Waals surface area contributed by atoms with Crippen LogP contribution in [0.25, 0.3) is 6.08 Å². The number of furan rings is 1. The van der Waals surface area contributed by atoms with Crippen molar-refractivity contribution in [2.45, 2.75) is 0 Å². The van der Waals surface area contributed by atoms with E-state index in [0.717, 1.165) is 10.2 Å². The van der Waals surface area contributed by atoms with Crippen LogP contribution in [0.3, 0.4) is 0 Å². The Morgan fingerprint density at radius 1 is 1.00 bits per heavy atom. The van der Waals surface area contributed by atoms with Crippen molar-refractivity contribution >= 4 is 33.6 Å². The minimum absolute atomic E-state index is 0.229. The van der Waals surface area contributed by atoms with Gasteiger partial charge in [0.05, 0.1) is 6.26 Å². The first-order valence-electron chi connectivity index (χ1n) is 7.25. The molecule has 1 amide bonds. The number of hydrogen-bond donors (Lipinski definition) is 1. The molecule has 1 N–H and O–H groups in total. The van der Waals surface area contributed by atoms with Crippen LogP contribution in [0.15, 0.2) is 81.9 Å². The average Bonchev–Trinajstić information content (AvgIpc) is 3.10. The Bertz CT molecular complexity index is 822. The van der Waals surface area contributed by atoms with Crippen LogP contribution < -0.4 is 10.1 Å². The third kappa shape index (κ3) is 4.60. The second-order valence-electron chi connectivity index (χ2n) is 4.92. The van der Waals surface area contributed by atoms with Crippen LogP contribution in [0.4, 0.5) is 5.69 Å². The summed E-state index contributed by atoms with van der Waals surface area (Å²) in [4.78, 5) is 11.8. The monoisotopic (exact) mass is 383 g/mol. The summed E-state index contributed by atoms with van der Waals surface area (Å²) in [5, 5.41) is 2.77. The largest absolute Gasteiger partial charge is 0.465 e. The van der Waals surface area contributed by atoms with Crippen molar-refractivity contribution in [1.82, 2.24) is 0 Å². The van der Waals surface area contributed by atoms with Crippen molar-refractivity contribution in [1.29, 1.82) is 0 Å². The first-order valence-corrected chi connectivity index (χ1v) is 8.04. The van der Waals surface area contributed by atoms with Gasteiger partial charge in [0.25, 0.3) is 0 Å². The molecule has 0 atom stereocenters. The fourth-order valence-electron chi connectivity index (χ4n) is 1.97. The van der Waals surface area contributed by atoms with E-state index in [1.54, 1.807) is 48.7 Å². The van der Waals surface area contributed by atoms with Gasteiger partial charge in [0.2, 0.25) is 5.91 Å². The number of anilines is 1. The van der Waals surface area contributed by atoms with Crippen molar-refractivity contribution in [3.05, 3.63) is 83.2 Å². The maximum Gasteiger partial charge on any atom is 0.248 e. The molecule has 0 radical (unpaired) electrons. The molecule has 0 saturated heterocycles. The molecule has 0 bridgehead atoms. The summed E-state index contributed by atoms with van der Waals surface area (Å²) in [5.74, 6) is 1.84. The molecule has 3 aromatic rings. The van der Waals surface area contributed by atoms with Gasteiger partial charge in [-0.25, -0.2) is 0 Å². The number of carbonyl (C=O) groups excluding carboxylic acids is 1. The van der Waals surface area contributed by atoms with Crippen LogP contribution in [0.2, 0.25) is 0 Å². The van der Waals surface area contributed by atoms with Crippen molar-refractivity contribution in [3.63, 3.8) is 0 Å². The standard InChI is InChI=1S/C19H14BrNO3/c20-14-3-7-17(8-4-14)24-18-9-5-15(6-10-18)21-19(22)12-11-16-2-1-13-23-16/h1-13H,(H,21,22)/b12-11+. The molecule has 2 aromatic carbocycles. The normalized spacial score (nSPS) is 10.7. The Hall–Kier alpha value is -2.79. The molecule has 120 valence electrons. The molecule has 5 heteroatoms. The van der Waals surface area contributed by atoms with Crippen LogP contribution in [0, 0.1) is 0 Å². The summed E-state index contributed by atoms with van der Waals surface area (Å²) < 4.78 is 11.9. The fraction of sp³-hybridized carbons (Fsp3) is 0. The Morgan fingerprint density at radius 3 is 2.29 bits per heavy atom. The zero-order chi connectivity index (χ0) is 16.8. The fourth-order valence-corrected chi connectivity index (χ4v) is 2.24. The van der Waals surface area contributed by atoms with E-state index in [0.29, 0.717) is 17.2 Å². The summed E-state index contributed by atoms with van der Waals surface area (Å²) in [6, 6.07) is 18.3. The van der Waals surface area contributed by atoms with E-state index in [-0.39, 0.29) is 5.91 Å². The van der Waals surface area contributed by atoms with Gasteiger partial charge in [-0.1, -0.05) is 15.9 Å². The van der Waals surface area contributed by atoms with Gasteiger partial charge in [0, 0.05) is 16.2 Å². The van der Waals surface area contributed by atoms with E-state index in [4.69, 9.17) is 9.15 Å². The molecule has 3 rings (SSSR count). The lowest BCUT2D eigenvalue weighted by molar-refractivity contribution is -0.111. The van der Waals surface area contributed by atoms with Crippen LogP contribution in [-0.2, 0) is 4.79 Å². The number of carbonyl (C=O) groups is 1. The Morgan fingerprint density at radius 2 is 1.67 bits per heavy atom. The summed E-state index contributed by atoms with van der Waals surface area (Å²) in [6.45, 7) is 0. The molecular formula is C19H14BrNO3. The van der Waals surface area contributed by atoms with E-state index in [9.17, 15) is 4.79 Å². The molecule has 0 unspecified atom stereocenters. The summed E-state index contributed by atoms with van der Waals surface area (Å²) in [7, 11) is 0. The predicted octanol–water partition coefficient (Wildman–Crippen LogP) is 5.49. The van der Waals surface area contributed by atoms with Gasteiger partial charge in [0.15, 0.2) is 0 Å². The molecule has 4 nitrogen and oxygen atoms in total. The first kappa shape index (κ1) is 16.1. The number of ether oxygens (including phenoxy) is 1. The second-order valence-corrected chi connectivity index (χ2v) is 5.83. The lowest BCUT2D eigenvalue weighted by atomic mass is 10.3. The quantitative estimate of drug-likeness (QED) is 0.592. The maximum absolute atomic E-state index is 11.8. The summed E-state index contributed by atoms with van der Waals surface area (Å²) in [5.41, 5.74) is 0.687. The van der Waals surface area contributed by atoms with Gasteiger partial charge in [-0.3, -0.25) is 4.79 Å². The molecule has 0 spiro atoms. The van der Waals surface area contributed by atoms with Crippen LogP contribution in [0.1, 0.15) is 5.76 Å². The Kier molecular flexibility index (Phi) is 5.13. The lowest BCUT2D eigenvalue weighted by Crippen LogP contribution is -2.07. The average molecular weight is 384 g/mol. The highest BCUT2D eigenvalue weighted by molar-refractivity contribution is 9.10. The van der Waals surface area contributed by atoms with E-state index >= 15 is 0 Å². The molecule has 0 aliphatic rings. The topological polar surface area (TPSA) is 51.5 Å². The van der Waals surface area contributed by atoms with Gasteiger partial charge < -0.3 is 14.5 Å². The SMILES string of the molecule is O=C(/C=C/c1ccco1)Nc1ccc(Oc2ccc(Br)cc2)cc1. The highest BCUT2D eigenvalue weighted by Crippen LogP contribution is 2.24. The zero-order valence-electron chi connectivity index (χ0n) is 12.6. The Labute approximate surface area is 147 Å². The number of hydrogen-bond acceptors (Lipinski definition) is 3. The predicted molar refractivity (Wildman–Crippen MR) is 97.0 cm³/mol. The van der Waals surface area contributed by atoms with Crippen molar-refractivity contribution < 1.29 is 13.9 Å². The van der Waals surface area contributed by atoms with Crippen molar-refractivity contribution in [2.75, 3.05) is 5.32 Å². The van der Waals surface area contributed by atoms with Gasteiger partial charge in [-0.2, -0.15) is 0 Å². The number of amides is 1. The lowest BCUT2D eigenvalue weighted by Gasteiger charge is -2.07. The van der Waals surface area contributed by atoms with E-state index in [1.807, 2.05) is 24.3 Å². The maximum atomic E-state index is 11.8. The zero-order valence-corrected chi connectivity index (χ0v) is 14.2. The summed E-state index contributed by atoms with van der Waals surface area (Å²) in [6.07, 6.45) is 4.59. The van der Waals surface area contributed by atoms with Crippen LogP contribution in [-0.4, -0.2) is 5.91 Å². The van der Waals surface area contributed by atoms with E-state index < -0.39 is 0 Å². The molecule has 0 saturated carbocycles. The van der Waals surface area contributed by atoms with Crippen molar-refractivity contribution in [2.24, 2.45) is 0 Å². The molecule has 1 heterocycles. The minimum Gasteiger partial charge on any atom is -0.465 e. The molecule has 0 aliphatic heterocycles. The van der Waals surface area contributed by atoms with E-state index in [1.165, 1.54) is 6.08 Å². The smallest absolute Gasteiger partial charge is 0.248 e. The number of benzene rings is 2. The third-order valence-electron chi connectivity index (χ3n) is 3.11. The molecule has 0 aliphatic carbocycles. The van der Waals surface area contributed by atoms with Gasteiger partial charge in [-0.05, 0) is 66.7 Å². The highest BCUT2D eigenvalue weighted by atomic mass is 79.9. The Balaban J connectivity index is 1.58.